The molecule has 61 heavy (non-hydrogen) atoms. The van der Waals surface area contributed by atoms with Gasteiger partial charge in [0.2, 0.25) is 0 Å². The van der Waals surface area contributed by atoms with Gasteiger partial charge in [0.15, 0.2) is 17.5 Å². The van der Waals surface area contributed by atoms with E-state index in [-0.39, 0.29) is 0 Å². The SMILES string of the molecule is c1ccc(-c2nc(-c3ccccc3)nc(-c3cccc4oc5cc(-c6ccc(N(c7ccccc7)c7ccc8c(c7)oc7ccccc78)cc6)c6ccccc6c5c34)n2)cc1. The molecule has 0 saturated heterocycles. The molecule has 0 atom stereocenters. The van der Waals surface area contributed by atoms with Crippen molar-refractivity contribution in [2.45, 2.75) is 0 Å². The van der Waals surface area contributed by atoms with Crippen molar-refractivity contribution in [2.75, 3.05) is 4.90 Å². The first-order chi connectivity index (χ1) is 30.2. The zero-order chi connectivity index (χ0) is 40.3. The van der Waals surface area contributed by atoms with Crippen molar-refractivity contribution in [3.63, 3.8) is 0 Å². The van der Waals surface area contributed by atoms with Crippen LogP contribution in [0.3, 0.4) is 0 Å². The zero-order valence-electron chi connectivity index (χ0n) is 32.7. The summed E-state index contributed by atoms with van der Waals surface area (Å²) in [5.74, 6) is 1.82. The standard InChI is InChI=1S/C55H34N4O2/c1-4-15-36(16-5-1)53-56-54(37-17-6-2-7-18-37)58-55(57-53)45-24-14-26-48-52(45)51-44-23-11-10-21-41(44)46(34-50(51)61-48)35-27-29-39(30-28-35)59(38-19-8-3-9-20-38)40-31-32-43-42-22-12-13-25-47(42)60-49(43)33-40/h1-34H. The number of rotatable bonds is 7. The van der Waals surface area contributed by atoms with Crippen molar-refractivity contribution >= 4 is 71.7 Å². The Balaban J connectivity index is 0.995. The lowest BCUT2D eigenvalue weighted by molar-refractivity contribution is 0.668. The predicted octanol–water partition coefficient (Wildman–Crippen LogP) is 15.0. The van der Waals surface area contributed by atoms with Gasteiger partial charge in [-0.15, -0.1) is 0 Å². The van der Waals surface area contributed by atoms with Gasteiger partial charge in [-0.2, -0.15) is 0 Å². The summed E-state index contributed by atoms with van der Waals surface area (Å²) in [5.41, 5.74) is 11.3. The molecule has 9 aromatic carbocycles. The third kappa shape index (κ3) is 5.92. The van der Waals surface area contributed by atoms with E-state index in [1.807, 2.05) is 91.0 Å². The van der Waals surface area contributed by atoms with Crippen LogP contribution >= 0.6 is 0 Å². The first-order valence-corrected chi connectivity index (χ1v) is 20.3. The fourth-order valence-electron chi connectivity index (χ4n) is 8.70. The Morgan fingerprint density at radius 1 is 0.295 bits per heavy atom. The minimum Gasteiger partial charge on any atom is -0.456 e. The Kier molecular flexibility index (Phi) is 8.06. The minimum absolute atomic E-state index is 0.590. The molecule has 3 heterocycles. The molecule has 0 unspecified atom stereocenters. The quantitative estimate of drug-likeness (QED) is 0.160. The van der Waals surface area contributed by atoms with Gasteiger partial charge in [0.25, 0.3) is 0 Å². The maximum atomic E-state index is 6.76. The maximum absolute atomic E-state index is 6.76. The van der Waals surface area contributed by atoms with E-state index >= 15 is 0 Å². The van der Waals surface area contributed by atoms with E-state index in [1.54, 1.807) is 0 Å². The molecular weight excluding hydrogens is 749 g/mol. The monoisotopic (exact) mass is 782 g/mol. The third-order valence-electron chi connectivity index (χ3n) is 11.5. The Hall–Kier alpha value is -8.35. The van der Waals surface area contributed by atoms with Crippen LogP contribution in [-0.2, 0) is 0 Å². The number of anilines is 3. The normalized spacial score (nSPS) is 11.6. The Bertz CT molecular complexity index is 3520. The summed E-state index contributed by atoms with van der Waals surface area (Å²) in [7, 11) is 0. The summed E-state index contributed by atoms with van der Waals surface area (Å²) in [4.78, 5) is 17.4. The fraction of sp³-hybridized carbons (Fsp3) is 0. The number of fused-ring (bicyclic) bond motifs is 8. The smallest absolute Gasteiger partial charge is 0.164 e. The lowest BCUT2D eigenvalue weighted by atomic mass is 9.93. The fourth-order valence-corrected chi connectivity index (χ4v) is 8.70. The van der Waals surface area contributed by atoms with Crippen LogP contribution in [0.4, 0.5) is 17.1 Å². The summed E-state index contributed by atoms with van der Waals surface area (Å²) >= 11 is 0. The van der Waals surface area contributed by atoms with Gasteiger partial charge < -0.3 is 13.7 Å². The van der Waals surface area contributed by atoms with E-state index < -0.39 is 0 Å². The molecule has 0 amide bonds. The Labute approximate surface area is 350 Å². The van der Waals surface area contributed by atoms with Crippen LogP contribution in [0.1, 0.15) is 0 Å². The molecule has 6 nitrogen and oxygen atoms in total. The highest BCUT2D eigenvalue weighted by atomic mass is 16.3. The Morgan fingerprint density at radius 2 is 0.836 bits per heavy atom. The van der Waals surface area contributed by atoms with Gasteiger partial charge >= 0.3 is 0 Å². The summed E-state index contributed by atoms with van der Waals surface area (Å²) in [5, 5.41) is 6.44. The van der Waals surface area contributed by atoms with Crippen molar-refractivity contribution in [3.8, 4) is 45.3 Å². The zero-order valence-corrected chi connectivity index (χ0v) is 32.7. The van der Waals surface area contributed by atoms with Crippen molar-refractivity contribution < 1.29 is 8.83 Å². The number of hydrogen-bond donors (Lipinski definition) is 0. The van der Waals surface area contributed by atoms with Crippen LogP contribution in [0.15, 0.2) is 215 Å². The summed E-state index contributed by atoms with van der Waals surface area (Å²) in [6.07, 6.45) is 0. The number of nitrogens with zero attached hydrogens (tertiary/aromatic N) is 4. The molecule has 286 valence electrons. The largest absolute Gasteiger partial charge is 0.456 e. The van der Waals surface area contributed by atoms with Gasteiger partial charge in [-0.25, -0.2) is 15.0 Å². The molecule has 0 aliphatic heterocycles. The van der Waals surface area contributed by atoms with Crippen LogP contribution in [0.25, 0.3) is 99.9 Å². The highest BCUT2D eigenvalue weighted by Crippen LogP contribution is 2.44. The van der Waals surface area contributed by atoms with Gasteiger partial charge in [0, 0.05) is 61.4 Å². The van der Waals surface area contributed by atoms with Gasteiger partial charge in [0.1, 0.15) is 22.3 Å². The molecule has 0 fully saturated rings. The maximum Gasteiger partial charge on any atom is 0.164 e. The molecule has 12 aromatic rings. The topological polar surface area (TPSA) is 68.2 Å². The van der Waals surface area contributed by atoms with E-state index in [0.717, 1.165) is 99.5 Å². The molecule has 0 spiro atoms. The molecule has 0 bridgehead atoms. The van der Waals surface area contributed by atoms with Crippen molar-refractivity contribution in [1.29, 1.82) is 0 Å². The summed E-state index contributed by atoms with van der Waals surface area (Å²) < 4.78 is 13.1. The van der Waals surface area contributed by atoms with E-state index in [4.69, 9.17) is 23.8 Å². The average molecular weight is 783 g/mol. The molecule has 6 heteroatoms. The molecule has 0 aliphatic carbocycles. The first-order valence-electron chi connectivity index (χ1n) is 20.3. The van der Waals surface area contributed by atoms with Gasteiger partial charge in [-0.05, 0) is 76.5 Å². The third-order valence-corrected chi connectivity index (χ3v) is 11.5. The van der Waals surface area contributed by atoms with Gasteiger partial charge in [-0.1, -0.05) is 146 Å². The number of furan rings is 2. The molecule has 0 N–H and O–H groups in total. The van der Waals surface area contributed by atoms with Crippen LogP contribution in [0.5, 0.6) is 0 Å². The minimum atomic E-state index is 0.590. The van der Waals surface area contributed by atoms with Crippen LogP contribution in [0.2, 0.25) is 0 Å². The van der Waals surface area contributed by atoms with E-state index in [1.165, 1.54) is 0 Å². The van der Waals surface area contributed by atoms with E-state index in [2.05, 4.69) is 120 Å². The summed E-state index contributed by atoms with van der Waals surface area (Å²) in [6.45, 7) is 0. The molecular formula is C55H34N4O2. The molecule has 0 aliphatic rings. The van der Waals surface area contributed by atoms with Crippen molar-refractivity contribution in [3.05, 3.63) is 206 Å². The van der Waals surface area contributed by atoms with Crippen molar-refractivity contribution in [1.82, 2.24) is 15.0 Å². The lowest BCUT2D eigenvalue weighted by Crippen LogP contribution is -2.09. The highest BCUT2D eigenvalue weighted by molar-refractivity contribution is 6.25. The molecule has 3 aromatic heterocycles. The predicted molar refractivity (Wildman–Crippen MR) is 248 cm³/mol. The number of aromatic nitrogens is 3. The molecule has 0 saturated carbocycles. The molecule has 12 rings (SSSR count). The van der Waals surface area contributed by atoms with Crippen LogP contribution < -0.4 is 4.90 Å². The van der Waals surface area contributed by atoms with Crippen molar-refractivity contribution in [2.24, 2.45) is 0 Å². The molecule has 0 radical (unpaired) electrons. The van der Waals surface area contributed by atoms with Crippen LogP contribution in [-0.4, -0.2) is 15.0 Å². The van der Waals surface area contributed by atoms with Gasteiger partial charge in [0.05, 0.1) is 0 Å². The second-order valence-electron chi connectivity index (χ2n) is 15.2. The first kappa shape index (κ1) is 34.7. The summed E-state index contributed by atoms with van der Waals surface area (Å²) in [6, 6.07) is 70.9. The van der Waals surface area contributed by atoms with E-state index in [0.29, 0.717) is 17.5 Å². The number of benzene rings is 9. The average Bonchev–Trinajstić information content (AvgIpc) is 3.91. The van der Waals surface area contributed by atoms with Crippen LogP contribution in [0, 0.1) is 0 Å². The van der Waals surface area contributed by atoms with E-state index in [9.17, 15) is 0 Å². The second kappa shape index (κ2) is 14.2. The number of para-hydroxylation sites is 2. The van der Waals surface area contributed by atoms with Gasteiger partial charge in [-0.3, -0.25) is 0 Å². The highest BCUT2D eigenvalue weighted by Gasteiger charge is 2.22. The lowest BCUT2D eigenvalue weighted by Gasteiger charge is -2.25. The second-order valence-corrected chi connectivity index (χ2v) is 15.2. The number of hydrogen-bond acceptors (Lipinski definition) is 6. The Morgan fingerprint density at radius 3 is 1.56 bits per heavy atom.